The zero-order valence-corrected chi connectivity index (χ0v) is 11.5. The molecule has 0 fully saturated rings. The molecule has 1 amide bonds. The fourth-order valence-corrected chi connectivity index (χ4v) is 1.63. The Kier molecular flexibility index (Phi) is 4.73. The predicted molar refractivity (Wildman–Crippen MR) is 74.9 cm³/mol. The van der Waals surface area contributed by atoms with Crippen LogP contribution in [0.4, 0.5) is 11.4 Å². The molecule has 0 spiro atoms. The van der Waals surface area contributed by atoms with E-state index in [-0.39, 0.29) is 0 Å². The van der Waals surface area contributed by atoms with Crippen molar-refractivity contribution >= 4 is 17.3 Å². The molecule has 0 unspecified atom stereocenters. The Morgan fingerprint density at radius 1 is 1.22 bits per heavy atom. The molecule has 0 aliphatic carbocycles. The van der Waals surface area contributed by atoms with Gasteiger partial charge in [0.05, 0.1) is 0 Å². The number of nitrogens with zero attached hydrogens (tertiary/aromatic N) is 1. The van der Waals surface area contributed by atoms with Gasteiger partial charge in [0.1, 0.15) is 5.60 Å². The first-order chi connectivity index (χ1) is 8.38. The van der Waals surface area contributed by atoms with Gasteiger partial charge in [0.2, 0.25) is 0 Å². The smallest absolute Gasteiger partial charge is 0.255 e. The lowest BCUT2D eigenvalue weighted by molar-refractivity contribution is -0.130. The molecule has 0 aliphatic rings. The van der Waals surface area contributed by atoms with Gasteiger partial charge in [-0.15, -0.1) is 0 Å². The van der Waals surface area contributed by atoms with Crippen LogP contribution in [0.1, 0.15) is 27.7 Å². The normalized spacial score (nSPS) is 11.2. The molecule has 0 aromatic heterocycles. The molecule has 1 rings (SSSR count). The summed E-state index contributed by atoms with van der Waals surface area (Å²) in [5.74, 6) is -0.405. The van der Waals surface area contributed by atoms with Crippen molar-refractivity contribution in [3.8, 4) is 0 Å². The minimum absolute atomic E-state index is 0.405. The van der Waals surface area contributed by atoms with Crippen molar-refractivity contribution in [1.82, 2.24) is 0 Å². The van der Waals surface area contributed by atoms with Gasteiger partial charge >= 0.3 is 0 Å². The number of carbonyl (C=O) groups excluding carboxylic acids is 1. The maximum atomic E-state index is 11.6. The first-order valence-electron chi connectivity index (χ1n) is 6.27. The summed E-state index contributed by atoms with van der Waals surface area (Å²) in [5.41, 5.74) is 0.455. The second-order valence-electron chi connectivity index (χ2n) is 4.73. The summed E-state index contributed by atoms with van der Waals surface area (Å²) in [5, 5.41) is 12.2. The van der Waals surface area contributed by atoms with Crippen LogP contribution in [-0.2, 0) is 4.79 Å². The summed E-state index contributed by atoms with van der Waals surface area (Å²) < 4.78 is 0. The van der Waals surface area contributed by atoms with Crippen molar-refractivity contribution in [2.75, 3.05) is 23.3 Å². The van der Waals surface area contributed by atoms with Crippen LogP contribution in [0.3, 0.4) is 0 Å². The van der Waals surface area contributed by atoms with E-state index in [1.54, 1.807) is 0 Å². The third-order valence-corrected chi connectivity index (χ3v) is 2.81. The van der Waals surface area contributed by atoms with Gasteiger partial charge in [0.15, 0.2) is 0 Å². The summed E-state index contributed by atoms with van der Waals surface area (Å²) in [7, 11) is 0. The number of hydrogen-bond acceptors (Lipinski definition) is 3. The van der Waals surface area contributed by atoms with Gasteiger partial charge in [0, 0.05) is 24.5 Å². The lowest BCUT2D eigenvalue weighted by atomic mass is 10.1. The number of carbonyl (C=O) groups is 1. The van der Waals surface area contributed by atoms with Crippen LogP contribution in [0, 0.1) is 0 Å². The van der Waals surface area contributed by atoms with E-state index >= 15 is 0 Å². The molecule has 0 saturated carbocycles. The number of hydrogen-bond donors (Lipinski definition) is 2. The van der Waals surface area contributed by atoms with Crippen molar-refractivity contribution in [1.29, 1.82) is 0 Å². The van der Waals surface area contributed by atoms with Crippen LogP contribution >= 0.6 is 0 Å². The second-order valence-corrected chi connectivity index (χ2v) is 4.73. The summed E-state index contributed by atoms with van der Waals surface area (Å²) in [6.45, 7) is 9.04. The minimum Gasteiger partial charge on any atom is -0.381 e. The molecule has 1 aromatic rings. The molecular formula is C14H22N2O2. The molecule has 100 valence electrons. The Bertz CT molecular complexity index is 389. The lowest BCUT2D eigenvalue weighted by Crippen LogP contribution is -2.36. The summed E-state index contributed by atoms with van der Waals surface area (Å²) in [4.78, 5) is 13.8. The molecule has 4 nitrogen and oxygen atoms in total. The molecule has 0 heterocycles. The van der Waals surface area contributed by atoms with Crippen molar-refractivity contribution in [3.05, 3.63) is 24.3 Å². The van der Waals surface area contributed by atoms with Crippen LogP contribution < -0.4 is 10.2 Å². The van der Waals surface area contributed by atoms with Gasteiger partial charge in [-0.3, -0.25) is 4.79 Å². The van der Waals surface area contributed by atoms with E-state index in [2.05, 4.69) is 24.1 Å². The van der Waals surface area contributed by atoms with Gasteiger partial charge in [-0.25, -0.2) is 0 Å². The van der Waals surface area contributed by atoms with Gasteiger partial charge in [-0.2, -0.15) is 0 Å². The van der Waals surface area contributed by atoms with Crippen LogP contribution in [-0.4, -0.2) is 29.7 Å². The molecule has 4 heteroatoms. The summed E-state index contributed by atoms with van der Waals surface area (Å²) in [6.07, 6.45) is 0. The first kappa shape index (κ1) is 14.5. The van der Waals surface area contributed by atoms with Crippen molar-refractivity contribution < 1.29 is 9.90 Å². The van der Waals surface area contributed by atoms with E-state index in [0.717, 1.165) is 18.8 Å². The van der Waals surface area contributed by atoms with E-state index in [9.17, 15) is 9.90 Å². The van der Waals surface area contributed by atoms with E-state index in [1.807, 2.05) is 24.3 Å². The molecule has 0 atom stereocenters. The Morgan fingerprint density at radius 3 is 2.11 bits per heavy atom. The zero-order chi connectivity index (χ0) is 13.8. The highest BCUT2D eigenvalue weighted by Crippen LogP contribution is 2.18. The van der Waals surface area contributed by atoms with Crippen molar-refractivity contribution in [2.45, 2.75) is 33.3 Å². The monoisotopic (exact) mass is 250 g/mol. The Hall–Kier alpha value is -1.55. The molecule has 18 heavy (non-hydrogen) atoms. The summed E-state index contributed by atoms with van der Waals surface area (Å²) in [6, 6.07) is 7.62. The van der Waals surface area contributed by atoms with E-state index in [4.69, 9.17) is 0 Å². The number of rotatable bonds is 5. The fraction of sp³-hybridized carbons (Fsp3) is 0.500. The molecular weight excluding hydrogens is 228 g/mol. The zero-order valence-electron chi connectivity index (χ0n) is 11.5. The van der Waals surface area contributed by atoms with E-state index in [1.165, 1.54) is 13.8 Å². The number of aliphatic hydroxyl groups is 1. The van der Waals surface area contributed by atoms with Crippen molar-refractivity contribution in [2.24, 2.45) is 0 Å². The van der Waals surface area contributed by atoms with E-state index in [0.29, 0.717) is 5.69 Å². The second kappa shape index (κ2) is 5.87. The third kappa shape index (κ3) is 3.74. The quantitative estimate of drug-likeness (QED) is 0.842. The molecule has 1 aromatic carbocycles. The van der Waals surface area contributed by atoms with Crippen LogP contribution in [0.2, 0.25) is 0 Å². The molecule has 2 N–H and O–H groups in total. The highest BCUT2D eigenvalue weighted by Gasteiger charge is 2.23. The Labute approximate surface area is 109 Å². The van der Waals surface area contributed by atoms with Gasteiger partial charge < -0.3 is 15.3 Å². The van der Waals surface area contributed by atoms with Crippen LogP contribution in [0.5, 0.6) is 0 Å². The van der Waals surface area contributed by atoms with Crippen LogP contribution in [0.15, 0.2) is 24.3 Å². The minimum atomic E-state index is -1.36. The van der Waals surface area contributed by atoms with Crippen LogP contribution in [0.25, 0.3) is 0 Å². The number of nitrogens with one attached hydrogen (secondary N) is 1. The van der Waals surface area contributed by atoms with Gasteiger partial charge in [-0.1, -0.05) is 0 Å². The standard InChI is InChI=1S/C14H22N2O2/c1-5-16(6-2)12-9-7-11(8-10-12)15-13(17)14(3,4)18/h7-10,18H,5-6H2,1-4H3,(H,15,17). The van der Waals surface area contributed by atoms with Gasteiger partial charge in [-0.05, 0) is 52.0 Å². The lowest BCUT2D eigenvalue weighted by Gasteiger charge is -2.21. The van der Waals surface area contributed by atoms with Gasteiger partial charge in [0.25, 0.3) is 5.91 Å². The maximum absolute atomic E-state index is 11.6. The highest BCUT2D eigenvalue weighted by atomic mass is 16.3. The molecule has 0 bridgehead atoms. The van der Waals surface area contributed by atoms with E-state index < -0.39 is 11.5 Å². The molecule has 0 radical (unpaired) electrons. The predicted octanol–water partition coefficient (Wildman–Crippen LogP) is 2.24. The third-order valence-electron chi connectivity index (χ3n) is 2.81. The average Bonchev–Trinajstić information content (AvgIpc) is 2.31. The SMILES string of the molecule is CCN(CC)c1ccc(NC(=O)C(C)(C)O)cc1. The molecule has 0 aliphatic heterocycles. The largest absolute Gasteiger partial charge is 0.381 e. The summed E-state index contributed by atoms with van der Waals surface area (Å²) >= 11 is 0. The fourth-order valence-electron chi connectivity index (χ4n) is 1.63. The molecule has 0 saturated heterocycles. The van der Waals surface area contributed by atoms with Crippen molar-refractivity contribution in [3.63, 3.8) is 0 Å². The Balaban J connectivity index is 2.75. The maximum Gasteiger partial charge on any atom is 0.255 e. The average molecular weight is 250 g/mol. The first-order valence-corrected chi connectivity index (χ1v) is 6.27. The topological polar surface area (TPSA) is 52.6 Å². The number of benzene rings is 1. The Morgan fingerprint density at radius 2 is 1.72 bits per heavy atom. The number of amides is 1. The number of anilines is 2. The highest BCUT2D eigenvalue weighted by molar-refractivity contribution is 5.96.